The van der Waals surface area contributed by atoms with Crippen molar-refractivity contribution < 1.29 is 0 Å². The van der Waals surface area contributed by atoms with Gasteiger partial charge in [-0.15, -0.1) is 0 Å². The van der Waals surface area contributed by atoms with Crippen LogP contribution in [-0.2, 0) is 0 Å². The Hall–Kier alpha value is -6.04. The van der Waals surface area contributed by atoms with Crippen LogP contribution in [0.1, 0.15) is 125 Å². The number of nitrogens with zero attached hydrogens (tertiary/aromatic N) is 10. The second-order valence-corrected chi connectivity index (χ2v) is 16.0. The minimum absolute atomic E-state index is 0.00357. The molecule has 0 radical (unpaired) electrons. The number of fused-ring (bicyclic) bond motifs is 8. The van der Waals surface area contributed by atoms with E-state index in [1.807, 2.05) is 0 Å². The zero-order valence-electron chi connectivity index (χ0n) is 36.7. The van der Waals surface area contributed by atoms with Gasteiger partial charge in [0.25, 0.3) is 0 Å². The fourth-order valence-corrected chi connectivity index (χ4v) is 10.0. The Labute approximate surface area is 355 Å². The molecular formula is C48H62N12. The molecule has 0 fully saturated rings. The molecule has 8 bridgehead atoms. The summed E-state index contributed by atoms with van der Waals surface area (Å²) in [5.41, 5.74) is 12.8. The molecular weight excluding hydrogens is 745 g/mol. The van der Waals surface area contributed by atoms with Gasteiger partial charge in [0.15, 0.2) is 0 Å². The van der Waals surface area contributed by atoms with E-state index in [-0.39, 0.29) is 24.7 Å². The Morgan fingerprint density at radius 1 is 0.333 bits per heavy atom. The van der Waals surface area contributed by atoms with Crippen molar-refractivity contribution in [1.29, 1.82) is 0 Å². The number of aromatic nitrogens is 4. The molecule has 0 aromatic carbocycles. The molecule has 6 aliphatic rings. The van der Waals surface area contributed by atoms with Crippen molar-refractivity contribution in [2.75, 3.05) is 52.4 Å². The minimum atomic E-state index is -0.0504. The fourth-order valence-electron chi connectivity index (χ4n) is 10.0. The van der Waals surface area contributed by atoms with E-state index in [9.17, 15) is 0 Å². The lowest BCUT2D eigenvalue weighted by molar-refractivity contribution is 0.164. The highest BCUT2D eigenvalue weighted by molar-refractivity contribution is 5.84. The van der Waals surface area contributed by atoms with Gasteiger partial charge in [-0.25, -0.2) is 9.97 Å². The van der Waals surface area contributed by atoms with Crippen molar-refractivity contribution in [1.82, 2.24) is 59.1 Å². The molecule has 12 heteroatoms. The lowest BCUT2D eigenvalue weighted by atomic mass is 10.1. The quantitative estimate of drug-likeness (QED) is 0.127. The first kappa shape index (κ1) is 39.4. The smallest absolute Gasteiger partial charge is 0.131 e. The highest BCUT2D eigenvalue weighted by atomic mass is 15.4. The maximum Gasteiger partial charge on any atom is 0.131 e. The van der Waals surface area contributed by atoms with Crippen LogP contribution in [0, 0.1) is 0 Å². The summed E-state index contributed by atoms with van der Waals surface area (Å²) in [6, 6.07) is 9.14. The van der Waals surface area contributed by atoms with E-state index in [0.717, 1.165) is 114 Å². The van der Waals surface area contributed by atoms with Crippen LogP contribution in [0.4, 0.5) is 0 Å². The highest BCUT2D eigenvalue weighted by Crippen LogP contribution is 2.43. The van der Waals surface area contributed by atoms with E-state index in [1.54, 1.807) is 0 Å². The molecule has 12 nitrogen and oxygen atoms in total. The standard InChI is InChI=1S/C48H62N12/c1-9-53-25-26-54(10-2)45(53)41-33-17-19-35(49-33)42(46-55(11-3)27-28-56(46)12-4)37-21-23-39(51-37)44(48-59(15-7)31-32-60(48)16-8)40-24-22-38(52-40)43(36-20-18-34(41)50-36)47-57(13-5)29-30-58(47)14-6/h17-32,45-50H,9-16H2,1-8H3. The van der Waals surface area contributed by atoms with Crippen LogP contribution in [-0.4, -0.2) is 111 Å². The molecule has 3 aromatic rings. The molecule has 9 rings (SSSR count). The molecule has 314 valence electrons. The minimum Gasteiger partial charge on any atom is -0.355 e. The van der Waals surface area contributed by atoms with Crippen LogP contribution in [0.15, 0.2) is 73.9 Å². The predicted octanol–water partition coefficient (Wildman–Crippen LogP) is 9.16. The molecule has 0 saturated carbocycles. The molecule has 60 heavy (non-hydrogen) atoms. The van der Waals surface area contributed by atoms with E-state index in [0.29, 0.717) is 0 Å². The lowest BCUT2D eigenvalue weighted by Crippen LogP contribution is -2.32. The van der Waals surface area contributed by atoms with Crippen molar-refractivity contribution in [3.63, 3.8) is 0 Å². The van der Waals surface area contributed by atoms with Gasteiger partial charge < -0.3 is 49.2 Å². The van der Waals surface area contributed by atoms with Crippen molar-refractivity contribution in [2.45, 2.75) is 80.1 Å². The second kappa shape index (κ2) is 16.2. The lowest BCUT2D eigenvalue weighted by Gasteiger charge is -2.33. The van der Waals surface area contributed by atoms with Gasteiger partial charge >= 0.3 is 0 Å². The van der Waals surface area contributed by atoms with Gasteiger partial charge in [0.05, 0.1) is 22.8 Å². The fraction of sp³-hybridized carbons (Fsp3) is 0.417. The Balaban J connectivity index is 1.44. The van der Waals surface area contributed by atoms with Crippen LogP contribution >= 0.6 is 0 Å². The predicted molar refractivity (Wildman–Crippen MR) is 245 cm³/mol. The summed E-state index contributed by atoms with van der Waals surface area (Å²) in [5, 5.41) is 0. The first-order chi connectivity index (χ1) is 29.4. The van der Waals surface area contributed by atoms with E-state index >= 15 is 0 Å². The Bertz CT molecular complexity index is 2260. The van der Waals surface area contributed by atoms with E-state index < -0.39 is 0 Å². The molecule has 0 saturated heterocycles. The van der Waals surface area contributed by atoms with Crippen molar-refractivity contribution in [2.24, 2.45) is 0 Å². The Morgan fingerprint density at radius 3 is 0.817 bits per heavy atom. The Kier molecular flexibility index (Phi) is 10.6. The zero-order valence-corrected chi connectivity index (χ0v) is 36.7. The number of hydrogen-bond donors (Lipinski definition) is 2. The monoisotopic (exact) mass is 807 g/mol. The maximum absolute atomic E-state index is 5.67. The topological polar surface area (TPSA) is 83.3 Å². The normalized spacial score (nSPS) is 18.3. The third kappa shape index (κ3) is 6.33. The number of rotatable bonds is 12. The van der Waals surface area contributed by atoms with Crippen LogP contribution in [0.5, 0.6) is 0 Å². The van der Waals surface area contributed by atoms with E-state index in [1.165, 1.54) is 5.56 Å². The van der Waals surface area contributed by atoms with Crippen molar-refractivity contribution >= 4 is 46.4 Å². The highest BCUT2D eigenvalue weighted by Gasteiger charge is 2.36. The summed E-state index contributed by atoms with van der Waals surface area (Å²) in [5.74, 6) is 0. The van der Waals surface area contributed by atoms with Crippen molar-refractivity contribution in [3.05, 3.63) is 119 Å². The average Bonchev–Trinajstić information content (AvgIpc) is 4.13. The number of hydrogen-bond acceptors (Lipinski definition) is 10. The van der Waals surface area contributed by atoms with Gasteiger partial charge in [-0.3, -0.25) is 0 Å². The molecule has 0 atom stereocenters. The van der Waals surface area contributed by atoms with Gasteiger partial charge in [-0.1, -0.05) is 0 Å². The third-order valence-corrected chi connectivity index (χ3v) is 13.2. The summed E-state index contributed by atoms with van der Waals surface area (Å²) in [4.78, 5) is 38.8. The molecule has 3 aromatic heterocycles. The SMILES string of the molecule is CCN1C=CN(CC)C1c1c2nc(c(C3N(CC)C=CN3CC)c3ccc([nH]3)c(C3N(CC)C=CN3CC)c3ccc([nH]3)c(C3N(CC)C=CN3CC)c3nc1C=C3)C=C2. The van der Waals surface area contributed by atoms with Gasteiger partial charge in [-0.2, -0.15) is 0 Å². The summed E-state index contributed by atoms with van der Waals surface area (Å²) in [6.45, 7) is 24.9. The van der Waals surface area contributed by atoms with Crippen LogP contribution in [0.25, 0.3) is 46.4 Å². The molecule has 2 N–H and O–H groups in total. The van der Waals surface area contributed by atoms with E-state index in [2.05, 4.69) is 203 Å². The summed E-state index contributed by atoms with van der Waals surface area (Å²) in [6.07, 6.45) is 26.7. The van der Waals surface area contributed by atoms with Gasteiger partial charge in [0.2, 0.25) is 0 Å². The van der Waals surface area contributed by atoms with Gasteiger partial charge in [-0.05, 0) is 104 Å². The molecule has 0 amide bonds. The number of H-pyrrole nitrogens is 2. The zero-order chi connectivity index (χ0) is 41.7. The maximum atomic E-state index is 5.67. The van der Waals surface area contributed by atoms with Crippen LogP contribution < -0.4 is 0 Å². The molecule has 0 spiro atoms. The summed E-state index contributed by atoms with van der Waals surface area (Å²) < 4.78 is 0. The second-order valence-electron chi connectivity index (χ2n) is 16.0. The third-order valence-electron chi connectivity index (χ3n) is 13.2. The summed E-state index contributed by atoms with van der Waals surface area (Å²) in [7, 11) is 0. The Morgan fingerprint density at radius 2 is 0.550 bits per heavy atom. The van der Waals surface area contributed by atoms with Crippen molar-refractivity contribution in [3.8, 4) is 0 Å². The molecule has 9 heterocycles. The number of nitrogens with one attached hydrogen (secondary N) is 2. The molecule has 0 aliphatic carbocycles. The van der Waals surface area contributed by atoms with Gasteiger partial charge in [0.1, 0.15) is 24.7 Å². The first-order valence-electron chi connectivity index (χ1n) is 22.3. The van der Waals surface area contributed by atoms with Crippen LogP contribution in [0.3, 0.4) is 0 Å². The number of aromatic amines is 2. The molecule has 6 aliphatic heterocycles. The van der Waals surface area contributed by atoms with E-state index in [4.69, 9.17) is 9.97 Å². The van der Waals surface area contributed by atoms with Crippen LogP contribution in [0.2, 0.25) is 0 Å². The summed E-state index contributed by atoms with van der Waals surface area (Å²) >= 11 is 0. The average molecular weight is 807 g/mol. The molecule has 0 unspecified atom stereocenters. The largest absolute Gasteiger partial charge is 0.355 e. The first-order valence-corrected chi connectivity index (χ1v) is 22.3. The van der Waals surface area contributed by atoms with Gasteiger partial charge in [0, 0.05) is 146 Å².